The lowest BCUT2D eigenvalue weighted by molar-refractivity contribution is 0.179. The number of hydrogen-bond acceptors (Lipinski definition) is 5. The minimum atomic E-state index is -3.52. The van der Waals surface area contributed by atoms with Crippen molar-refractivity contribution in [1.82, 2.24) is 14.5 Å². The Labute approximate surface area is 154 Å². The molecule has 0 amide bonds. The molecule has 3 aliphatic heterocycles. The first-order valence-electron chi connectivity index (χ1n) is 8.89. The molecule has 6 nitrogen and oxygen atoms in total. The summed E-state index contributed by atoms with van der Waals surface area (Å²) in [7, 11) is -3.52. The minimum Gasteiger partial charge on any atom is -0.489 e. The molecule has 3 heterocycles. The monoisotopic (exact) mass is 385 g/mol. The second kappa shape index (κ2) is 6.70. The van der Waals surface area contributed by atoms with Crippen molar-refractivity contribution >= 4 is 21.6 Å². The van der Waals surface area contributed by atoms with E-state index < -0.39 is 10.0 Å². The topological polar surface area (TPSA) is 61.9 Å². The number of rotatable bonds is 3. The van der Waals surface area contributed by atoms with Crippen LogP contribution >= 0.6 is 11.6 Å². The highest BCUT2D eigenvalue weighted by atomic mass is 35.5. The number of nitrogens with zero attached hydrogens (tertiary/aromatic N) is 2. The fraction of sp³-hybridized carbons (Fsp3) is 0.647. The standard InChI is InChI=1S/C17H24ClN3O3S/c1-12-8-13-9-15(10-16(18)17(13)24-12)25(22,23)21-5-2-14(11-21)20-6-3-19-4-7-20/h9-10,12,14,19H,2-8,11H2,1H3. The van der Waals surface area contributed by atoms with E-state index in [1.165, 1.54) is 6.07 Å². The van der Waals surface area contributed by atoms with Gasteiger partial charge in [-0.25, -0.2) is 8.42 Å². The molecule has 0 saturated carbocycles. The van der Waals surface area contributed by atoms with Crippen molar-refractivity contribution in [3.8, 4) is 5.75 Å². The molecule has 25 heavy (non-hydrogen) atoms. The maximum Gasteiger partial charge on any atom is 0.243 e. The van der Waals surface area contributed by atoms with Gasteiger partial charge >= 0.3 is 0 Å². The van der Waals surface area contributed by atoms with Gasteiger partial charge in [-0.1, -0.05) is 11.6 Å². The summed E-state index contributed by atoms with van der Waals surface area (Å²) in [5, 5.41) is 3.73. The van der Waals surface area contributed by atoms with Crippen LogP contribution in [0.1, 0.15) is 18.9 Å². The summed E-state index contributed by atoms with van der Waals surface area (Å²) >= 11 is 6.28. The van der Waals surface area contributed by atoms with Gasteiger partial charge in [-0.2, -0.15) is 4.31 Å². The van der Waals surface area contributed by atoms with Crippen LogP contribution in [-0.4, -0.2) is 69.0 Å². The number of fused-ring (bicyclic) bond motifs is 1. The fourth-order valence-corrected chi connectivity index (χ4v) is 5.95. The zero-order chi connectivity index (χ0) is 17.6. The Kier molecular flexibility index (Phi) is 4.70. The van der Waals surface area contributed by atoms with E-state index in [9.17, 15) is 8.42 Å². The van der Waals surface area contributed by atoms with Gasteiger partial charge < -0.3 is 10.1 Å². The fourth-order valence-electron chi connectivity index (χ4n) is 4.03. The predicted molar refractivity (Wildman–Crippen MR) is 96.9 cm³/mol. The number of benzene rings is 1. The maximum absolute atomic E-state index is 13.1. The lowest BCUT2D eigenvalue weighted by Crippen LogP contribution is -2.49. The van der Waals surface area contributed by atoms with Gasteiger partial charge in [0, 0.05) is 57.3 Å². The molecular formula is C17H24ClN3O3S. The highest BCUT2D eigenvalue weighted by molar-refractivity contribution is 7.89. The SMILES string of the molecule is CC1Cc2cc(S(=O)(=O)N3CCC(N4CCNCC4)C3)cc(Cl)c2O1. The third-order valence-corrected chi connectivity index (χ3v) is 7.48. The third kappa shape index (κ3) is 3.28. The lowest BCUT2D eigenvalue weighted by Gasteiger charge is -2.32. The molecular weight excluding hydrogens is 362 g/mol. The molecule has 0 aliphatic carbocycles. The summed E-state index contributed by atoms with van der Waals surface area (Å²) in [5.41, 5.74) is 0.886. The molecule has 8 heteroatoms. The minimum absolute atomic E-state index is 0.0364. The lowest BCUT2D eigenvalue weighted by atomic mass is 10.1. The molecule has 2 atom stereocenters. The van der Waals surface area contributed by atoms with Gasteiger partial charge in [0.25, 0.3) is 0 Å². The van der Waals surface area contributed by atoms with E-state index in [1.54, 1.807) is 10.4 Å². The highest BCUT2D eigenvalue weighted by Gasteiger charge is 2.36. The zero-order valence-corrected chi connectivity index (χ0v) is 15.9. The van der Waals surface area contributed by atoms with Crippen LogP contribution in [0.2, 0.25) is 5.02 Å². The van der Waals surface area contributed by atoms with E-state index in [-0.39, 0.29) is 11.0 Å². The number of hydrogen-bond donors (Lipinski definition) is 1. The summed E-state index contributed by atoms with van der Waals surface area (Å²) in [6.45, 7) is 7.01. The van der Waals surface area contributed by atoms with Gasteiger partial charge in [-0.05, 0) is 25.5 Å². The number of nitrogens with one attached hydrogen (secondary N) is 1. The Morgan fingerprint density at radius 1 is 1.24 bits per heavy atom. The van der Waals surface area contributed by atoms with Gasteiger partial charge in [0.05, 0.1) is 9.92 Å². The molecule has 0 bridgehead atoms. The predicted octanol–water partition coefficient (Wildman–Crippen LogP) is 1.33. The smallest absolute Gasteiger partial charge is 0.243 e. The summed E-state index contributed by atoms with van der Waals surface area (Å²) in [4.78, 5) is 2.69. The van der Waals surface area contributed by atoms with E-state index in [0.717, 1.165) is 38.2 Å². The number of sulfonamides is 1. The average molecular weight is 386 g/mol. The molecule has 2 fully saturated rings. The molecule has 0 aromatic heterocycles. The highest BCUT2D eigenvalue weighted by Crippen LogP contribution is 2.39. The van der Waals surface area contributed by atoms with E-state index >= 15 is 0 Å². The maximum atomic E-state index is 13.1. The van der Waals surface area contributed by atoms with Crippen LogP contribution in [-0.2, 0) is 16.4 Å². The van der Waals surface area contributed by atoms with Crippen LogP contribution < -0.4 is 10.1 Å². The summed E-state index contributed by atoms with van der Waals surface area (Å²) in [6.07, 6.45) is 1.62. The van der Waals surface area contributed by atoms with Crippen molar-refractivity contribution in [1.29, 1.82) is 0 Å². The number of ether oxygens (including phenoxy) is 1. The Balaban J connectivity index is 1.54. The van der Waals surface area contributed by atoms with Crippen LogP contribution in [0.15, 0.2) is 17.0 Å². The van der Waals surface area contributed by atoms with E-state index in [0.29, 0.717) is 36.3 Å². The Morgan fingerprint density at radius 3 is 2.76 bits per heavy atom. The van der Waals surface area contributed by atoms with E-state index in [2.05, 4.69) is 10.2 Å². The van der Waals surface area contributed by atoms with E-state index in [1.807, 2.05) is 6.92 Å². The molecule has 1 aromatic carbocycles. The van der Waals surface area contributed by atoms with Crippen LogP contribution in [0.3, 0.4) is 0 Å². The van der Waals surface area contributed by atoms with Crippen molar-refractivity contribution in [2.75, 3.05) is 39.3 Å². The van der Waals surface area contributed by atoms with Gasteiger partial charge in [0.2, 0.25) is 10.0 Å². The Hall–Kier alpha value is -0.860. The van der Waals surface area contributed by atoms with Gasteiger partial charge in [-0.15, -0.1) is 0 Å². The van der Waals surface area contributed by atoms with Crippen molar-refractivity contribution < 1.29 is 13.2 Å². The van der Waals surface area contributed by atoms with Crippen molar-refractivity contribution in [2.45, 2.75) is 36.8 Å². The molecule has 2 unspecified atom stereocenters. The molecule has 1 aromatic rings. The van der Waals surface area contributed by atoms with Crippen molar-refractivity contribution in [3.05, 3.63) is 22.7 Å². The van der Waals surface area contributed by atoms with Crippen LogP contribution in [0.25, 0.3) is 0 Å². The Morgan fingerprint density at radius 2 is 2.00 bits per heavy atom. The largest absolute Gasteiger partial charge is 0.489 e. The van der Waals surface area contributed by atoms with Gasteiger partial charge in [-0.3, -0.25) is 4.90 Å². The molecule has 4 rings (SSSR count). The quantitative estimate of drug-likeness (QED) is 0.850. The number of halogens is 1. The van der Waals surface area contributed by atoms with Crippen LogP contribution in [0.4, 0.5) is 0 Å². The molecule has 0 spiro atoms. The summed E-state index contributed by atoms with van der Waals surface area (Å²) in [6, 6.07) is 3.58. The number of piperazine rings is 1. The van der Waals surface area contributed by atoms with E-state index in [4.69, 9.17) is 16.3 Å². The van der Waals surface area contributed by atoms with Crippen LogP contribution in [0, 0.1) is 0 Å². The Bertz CT molecular complexity index is 765. The second-order valence-electron chi connectivity index (χ2n) is 7.12. The first kappa shape index (κ1) is 17.5. The normalized spacial score (nSPS) is 28.1. The zero-order valence-electron chi connectivity index (χ0n) is 14.4. The molecule has 3 aliphatic rings. The summed E-state index contributed by atoms with van der Waals surface area (Å²) < 4.78 is 33.5. The van der Waals surface area contributed by atoms with Gasteiger partial charge in [0.1, 0.15) is 11.9 Å². The third-order valence-electron chi connectivity index (χ3n) is 5.35. The molecule has 138 valence electrons. The molecule has 1 N–H and O–H groups in total. The van der Waals surface area contributed by atoms with Crippen molar-refractivity contribution in [2.24, 2.45) is 0 Å². The van der Waals surface area contributed by atoms with Crippen LogP contribution in [0.5, 0.6) is 5.75 Å². The van der Waals surface area contributed by atoms with Gasteiger partial charge in [0.15, 0.2) is 0 Å². The van der Waals surface area contributed by atoms with Crippen molar-refractivity contribution in [3.63, 3.8) is 0 Å². The first-order chi connectivity index (χ1) is 11.9. The molecule has 0 radical (unpaired) electrons. The second-order valence-corrected chi connectivity index (χ2v) is 9.46. The average Bonchev–Trinajstić information content (AvgIpc) is 3.22. The first-order valence-corrected chi connectivity index (χ1v) is 10.7. The summed E-state index contributed by atoms with van der Waals surface area (Å²) in [5.74, 6) is 0.633. The molecule has 2 saturated heterocycles.